The summed E-state index contributed by atoms with van der Waals surface area (Å²) in [4.78, 5) is 10.6. The van der Waals surface area contributed by atoms with Crippen molar-refractivity contribution in [3.8, 4) is 0 Å². The predicted molar refractivity (Wildman–Crippen MR) is 48.2 cm³/mol. The van der Waals surface area contributed by atoms with Crippen molar-refractivity contribution < 1.29 is 4.79 Å². The smallest absolute Gasteiger partial charge is 0.317 e. The standard InChI is InChI=1S/C6H13N3OS/c1-2-3-4(7)5(11)9-6(8)10/h4H,2-3,7H2,1H3,(H3,8,9,10,11). The van der Waals surface area contributed by atoms with Crippen molar-refractivity contribution in [1.29, 1.82) is 0 Å². The van der Waals surface area contributed by atoms with Gasteiger partial charge in [-0.05, 0) is 6.42 Å². The lowest BCUT2D eigenvalue weighted by molar-refractivity contribution is 0.253. The van der Waals surface area contributed by atoms with E-state index in [0.717, 1.165) is 12.8 Å². The third-order valence-electron chi connectivity index (χ3n) is 1.18. The summed E-state index contributed by atoms with van der Waals surface area (Å²) in [5.41, 5.74) is 10.4. The molecule has 5 N–H and O–H groups in total. The number of carbonyl (C=O) groups is 1. The van der Waals surface area contributed by atoms with Crippen LogP contribution in [-0.2, 0) is 0 Å². The van der Waals surface area contributed by atoms with Crippen LogP contribution < -0.4 is 16.8 Å². The highest BCUT2D eigenvalue weighted by Gasteiger charge is 2.08. The molecule has 5 heteroatoms. The molecule has 0 heterocycles. The van der Waals surface area contributed by atoms with Gasteiger partial charge in [0.25, 0.3) is 0 Å². The summed E-state index contributed by atoms with van der Waals surface area (Å²) in [6.07, 6.45) is 1.70. The second-order valence-corrected chi connectivity index (χ2v) is 2.69. The van der Waals surface area contributed by atoms with Crippen LogP contribution in [0.1, 0.15) is 19.8 Å². The van der Waals surface area contributed by atoms with E-state index in [4.69, 9.17) is 23.7 Å². The molecule has 4 nitrogen and oxygen atoms in total. The molecule has 0 aliphatic heterocycles. The fourth-order valence-corrected chi connectivity index (χ4v) is 0.875. The first-order valence-electron chi connectivity index (χ1n) is 3.43. The summed E-state index contributed by atoms with van der Waals surface area (Å²) in [6, 6.07) is -0.913. The maximum Gasteiger partial charge on any atom is 0.317 e. The lowest BCUT2D eigenvalue weighted by atomic mass is 10.2. The van der Waals surface area contributed by atoms with Gasteiger partial charge in [0.2, 0.25) is 0 Å². The van der Waals surface area contributed by atoms with Crippen molar-refractivity contribution in [2.24, 2.45) is 11.5 Å². The molecule has 0 aliphatic carbocycles. The van der Waals surface area contributed by atoms with Gasteiger partial charge in [0.05, 0.1) is 6.04 Å². The van der Waals surface area contributed by atoms with Crippen molar-refractivity contribution in [3.05, 3.63) is 0 Å². The van der Waals surface area contributed by atoms with Crippen LogP contribution >= 0.6 is 12.2 Å². The number of nitrogens with two attached hydrogens (primary N) is 2. The number of amides is 2. The Balaban J connectivity index is 3.73. The molecule has 0 aliphatic rings. The quantitative estimate of drug-likeness (QED) is 0.532. The minimum Gasteiger partial charge on any atom is -0.351 e. The van der Waals surface area contributed by atoms with Gasteiger partial charge in [-0.15, -0.1) is 0 Å². The molecule has 0 aromatic carbocycles. The SMILES string of the molecule is CCCC(N)C(=S)NC(N)=O. The molecule has 0 saturated heterocycles. The van der Waals surface area contributed by atoms with Crippen LogP contribution in [-0.4, -0.2) is 17.1 Å². The Morgan fingerprint density at radius 1 is 1.73 bits per heavy atom. The van der Waals surface area contributed by atoms with E-state index in [0.29, 0.717) is 4.99 Å². The monoisotopic (exact) mass is 175 g/mol. The Labute approximate surface area is 71.3 Å². The molecule has 0 radical (unpaired) electrons. The second kappa shape index (κ2) is 5.03. The summed E-state index contributed by atoms with van der Waals surface area (Å²) in [7, 11) is 0. The molecule has 1 unspecified atom stereocenters. The Morgan fingerprint density at radius 3 is 2.64 bits per heavy atom. The van der Waals surface area contributed by atoms with Gasteiger partial charge >= 0.3 is 6.03 Å². The van der Waals surface area contributed by atoms with Crippen LogP contribution in [0.15, 0.2) is 0 Å². The summed E-state index contributed by atoms with van der Waals surface area (Å²) in [5, 5.41) is 2.27. The maximum absolute atomic E-state index is 10.3. The van der Waals surface area contributed by atoms with E-state index >= 15 is 0 Å². The van der Waals surface area contributed by atoms with Crippen LogP contribution in [0.3, 0.4) is 0 Å². The molecule has 0 aromatic heterocycles. The van der Waals surface area contributed by atoms with Gasteiger partial charge in [0.15, 0.2) is 0 Å². The predicted octanol–water partition coefficient (Wildman–Crippen LogP) is 0.110. The summed E-state index contributed by atoms with van der Waals surface area (Å²) >= 11 is 4.78. The van der Waals surface area contributed by atoms with Crippen LogP contribution in [0.4, 0.5) is 4.79 Å². The van der Waals surface area contributed by atoms with Crippen LogP contribution in [0.25, 0.3) is 0 Å². The second-order valence-electron chi connectivity index (χ2n) is 2.25. The first-order chi connectivity index (χ1) is 5.07. The topological polar surface area (TPSA) is 81.1 Å². The average molecular weight is 175 g/mol. The van der Waals surface area contributed by atoms with Crippen molar-refractivity contribution in [2.75, 3.05) is 0 Å². The summed E-state index contributed by atoms with van der Waals surface area (Å²) < 4.78 is 0. The highest BCUT2D eigenvalue weighted by atomic mass is 32.1. The number of rotatable bonds is 3. The van der Waals surface area contributed by atoms with E-state index in [2.05, 4.69) is 5.32 Å². The van der Waals surface area contributed by atoms with Gasteiger partial charge in [-0.1, -0.05) is 25.6 Å². The van der Waals surface area contributed by atoms with Gasteiger partial charge < -0.3 is 16.8 Å². The molecular formula is C6H13N3OS. The van der Waals surface area contributed by atoms with E-state index in [9.17, 15) is 4.79 Å². The Morgan fingerprint density at radius 2 is 2.27 bits per heavy atom. The van der Waals surface area contributed by atoms with Crippen molar-refractivity contribution in [3.63, 3.8) is 0 Å². The lowest BCUT2D eigenvalue weighted by Crippen LogP contribution is -2.44. The summed E-state index contributed by atoms with van der Waals surface area (Å²) in [5.74, 6) is 0. The van der Waals surface area contributed by atoms with Crippen molar-refractivity contribution >= 4 is 23.2 Å². The number of hydrogen-bond donors (Lipinski definition) is 3. The maximum atomic E-state index is 10.3. The van der Waals surface area contributed by atoms with Gasteiger partial charge in [-0.25, -0.2) is 4.79 Å². The summed E-state index contributed by atoms with van der Waals surface area (Å²) in [6.45, 7) is 1.99. The molecular weight excluding hydrogens is 162 g/mol. The molecule has 0 spiro atoms. The average Bonchev–Trinajstić information content (AvgIpc) is 1.86. The molecule has 1 atom stereocenters. The largest absolute Gasteiger partial charge is 0.351 e. The van der Waals surface area contributed by atoms with E-state index in [1.54, 1.807) is 0 Å². The first kappa shape index (κ1) is 10.3. The van der Waals surface area contributed by atoms with E-state index in [1.807, 2.05) is 6.92 Å². The first-order valence-corrected chi connectivity index (χ1v) is 3.84. The van der Waals surface area contributed by atoms with E-state index in [-0.39, 0.29) is 6.04 Å². The third-order valence-corrected chi connectivity index (χ3v) is 1.59. The number of carbonyl (C=O) groups excluding carboxylic acids is 1. The zero-order valence-electron chi connectivity index (χ0n) is 6.46. The lowest BCUT2D eigenvalue weighted by Gasteiger charge is -2.10. The minimum absolute atomic E-state index is 0.262. The third kappa shape index (κ3) is 4.69. The molecule has 0 saturated carbocycles. The van der Waals surface area contributed by atoms with Gasteiger partial charge in [0.1, 0.15) is 4.99 Å². The van der Waals surface area contributed by atoms with Crippen LogP contribution in [0, 0.1) is 0 Å². The van der Waals surface area contributed by atoms with Gasteiger partial charge in [-0.3, -0.25) is 0 Å². The Kier molecular flexibility index (Phi) is 4.72. The van der Waals surface area contributed by atoms with Gasteiger partial charge in [-0.2, -0.15) is 0 Å². The normalized spacial score (nSPS) is 12.2. The molecule has 0 aromatic rings. The molecule has 2 amide bonds. The minimum atomic E-state index is -0.651. The number of thiocarbonyl (C=S) groups is 1. The zero-order chi connectivity index (χ0) is 8.85. The van der Waals surface area contributed by atoms with Crippen LogP contribution in [0.5, 0.6) is 0 Å². The van der Waals surface area contributed by atoms with Crippen molar-refractivity contribution in [1.82, 2.24) is 5.32 Å². The number of hydrogen-bond acceptors (Lipinski definition) is 3. The molecule has 0 rings (SSSR count). The van der Waals surface area contributed by atoms with Crippen molar-refractivity contribution in [2.45, 2.75) is 25.8 Å². The Hall–Kier alpha value is -0.680. The highest BCUT2D eigenvalue weighted by Crippen LogP contribution is 1.93. The fourth-order valence-electron chi connectivity index (χ4n) is 0.656. The fraction of sp³-hybridized carbons (Fsp3) is 0.667. The number of urea groups is 1. The van der Waals surface area contributed by atoms with E-state index in [1.165, 1.54) is 0 Å². The van der Waals surface area contributed by atoms with Gasteiger partial charge in [0, 0.05) is 0 Å². The van der Waals surface area contributed by atoms with Crippen LogP contribution in [0.2, 0.25) is 0 Å². The van der Waals surface area contributed by atoms with E-state index < -0.39 is 6.03 Å². The highest BCUT2D eigenvalue weighted by molar-refractivity contribution is 7.80. The Bertz CT molecular complexity index is 160. The number of nitrogens with one attached hydrogen (secondary N) is 1. The number of primary amides is 1. The molecule has 0 fully saturated rings. The molecule has 11 heavy (non-hydrogen) atoms. The molecule has 64 valence electrons. The zero-order valence-corrected chi connectivity index (χ0v) is 7.28. The molecule has 0 bridgehead atoms.